The first-order valence-corrected chi connectivity index (χ1v) is 8.54. The molecular weight excluding hydrogens is 328 g/mol. The monoisotopic (exact) mass is 346 g/mol. The Morgan fingerprint density at radius 2 is 2.12 bits per heavy atom. The number of hydrogen-bond acceptors (Lipinski definition) is 5. The van der Waals surface area contributed by atoms with E-state index in [1.165, 1.54) is 27.5 Å². The van der Waals surface area contributed by atoms with Gasteiger partial charge in [0.05, 0.1) is 0 Å². The molecule has 4 rings (SSSR count). The Hall–Kier alpha value is -3.40. The fourth-order valence-corrected chi connectivity index (χ4v) is 3.33. The summed E-state index contributed by atoms with van der Waals surface area (Å²) in [5.41, 5.74) is 1.18. The highest BCUT2D eigenvalue weighted by atomic mass is 16.2. The van der Waals surface area contributed by atoms with Crippen LogP contribution in [0, 0.1) is 11.3 Å². The van der Waals surface area contributed by atoms with Crippen molar-refractivity contribution in [1.82, 2.24) is 20.1 Å². The molecule has 1 aromatic heterocycles. The highest BCUT2D eigenvalue weighted by molar-refractivity contribution is 5.86. The Labute approximate surface area is 150 Å². The maximum atomic E-state index is 12.2. The van der Waals surface area contributed by atoms with Crippen LogP contribution in [0.1, 0.15) is 12.2 Å². The van der Waals surface area contributed by atoms with Gasteiger partial charge in [-0.2, -0.15) is 5.26 Å². The Kier molecular flexibility index (Phi) is 4.23. The van der Waals surface area contributed by atoms with E-state index in [1.807, 2.05) is 18.2 Å². The molecule has 0 aliphatic carbocycles. The maximum Gasteiger partial charge on any atom is 0.252 e. The van der Waals surface area contributed by atoms with E-state index in [1.54, 1.807) is 0 Å². The van der Waals surface area contributed by atoms with Gasteiger partial charge in [-0.3, -0.25) is 4.79 Å². The molecule has 1 fully saturated rings. The Balaban J connectivity index is 1.36. The van der Waals surface area contributed by atoms with Crippen LogP contribution in [-0.4, -0.2) is 39.8 Å². The average Bonchev–Trinajstić information content (AvgIpc) is 3.30. The van der Waals surface area contributed by atoms with Crippen LogP contribution in [0.4, 0.5) is 5.69 Å². The van der Waals surface area contributed by atoms with E-state index >= 15 is 0 Å². The molecule has 0 unspecified atom stereocenters. The SMILES string of the molecule is N#Cc1ncn(CC(=O)N[C@H]2CCN(c3ccc4ccccc4c3)C2)n1. The smallest absolute Gasteiger partial charge is 0.252 e. The van der Waals surface area contributed by atoms with Crippen LogP contribution in [-0.2, 0) is 11.3 Å². The van der Waals surface area contributed by atoms with Gasteiger partial charge < -0.3 is 10.2 Å². The molecule has 0 radical (unpaired) electrons. The van der Waals surface area contributed by atoms with E-state index in [2.05, 4.69) is 50.6 Å². The highest BCUT2D eigenvalue weighted by Gasteiger charge is 2.24. The lowest BCUT2D eigenvalue weighted by Gasteiger charge is -2.19. The Bertz CT molecular complexity index is 989. The van der Waals surface area contributed by atoms with Crippen LogP contribution in [0.2, 0.25) is 0 Å². The van der Waals surface area contributed by atoms with Crippen molar-refractivity contribution < 1.29 is 4.79 Å². The van der Waals surface area contributed by atoms with Crippen molar-refractivity contribution in [3.63, 3.8) is 0 Å². The zero-order valence-electron chi connectivity index (χ0n) is 14.2. The topological polar surface area (TPSA) is 86.8 Å². The van der Waals surface area contributed by atoms with Crippen LogP contribution in [0.5, 0.6) is 0 Å². The number of amides is 1. The molecule has 7 heteroatoms. The second kappa shape index (κ2) is 6.84. The molecule has 1 aliphatic rings. The Morgan fingerprint density at radius 1 is 1.27 bits per heavy atom. The van der Waals surface area contributed by atoms with Gasteiger partial charge in [-0.25, -0.2) is 9.67 Å². The molecule has 1 atom stereocenters. The fraction of sp³-hybridized carbons (Fsp3) is 0.263. The third-order valence-corrected chi connectivity index (χ3v) is 4.59. The molecule has 2 aromatic carbocycles. The summed E-state index contributed by atoms with van der Waals surface area (Å²) in [6.07, 6.45) is 2.30. The number of carbonyl (C=O) groups is 1. The largest absolute Gasteiger partial charge is 0.369 e. The van der Waals surface area contributed by atoms with Crippen molar-refractivity contribution in [2.24, 2.45) is 0 Å². The summed E-state index contributed by atoms with van der Waals surface area (Å²) in [4.78, 5) is 18.3. The van der Waals surface area contributed by atoms with Gasteiger partial charge in [0.1, 0.15) is 18.9 Å². The normalized spacial score (nSPS) is 16.6. The molecule has 0 spiro atoms. The maximum absolute atomic E-state index is 12.2. The van der Waals surface area contributed by atoms with Gasteiger partial charge in [-0.05, 0) is 29.3 Å². The zero-order chi connectivity index (χ0) is 17.9. The summed E-state index contributed by atoms with van der Waals surface area (Å²) in [5.74, 6) is -0.0501. The molecule has 3 aromatic rings. The van der Waals surface area contributed by atoms with E-state index in [0.717, 1.165) is 19.5 Å². The first kappa shape index (κ1) is 16.1. The van der Waals surface area contributed by atoms with E-state index in [0.29, 0.717) is 0 Å². The third-order valence-electron chi connectivity index (χ3n) is 4.59. The summed E-state index contributed by atoms with van der Waals surface area (Å²) >= 11 is 0. The summed E-state index contributed by atoms with van der Waals surface area (Å²) < 4.78 is 1.38. The second-order valence-electron chi connectivity index (χ2n) is 6.41. The van der Waals surface area contributed by atoms with Crippen LogP contribution < -0.4 is 10.2 Å². The number of carbonyl (C=O) groups excluding carboxylic acids is 1. The molecule has 2 heterocycles. The number of aromatic nitrogens is 3. The first-order chi connectivity index (χ1) is 12.7. The standard InChI is InChI=1S/C19H18N6O/c20-10-18-21-13-25(23-18)12-19(26)22-16-7-8-24(11-16)17-6-5-14-3-1-2-4-15(14)9-17/h1-6,9,13,16H,7-8,11-12H2,(H,22,26)/t16-/m0/s1. The summed E-state index contributed by atoms with van der Waals surface area (Å²) in [5, 5.41) is 18.1. The predicted molar refractivity (Wildman–Crippen MR) is 97.4 cm³/mol. The molecule has 1 amide bonds. The second-order valence-corrected chi connectivity index (χ2v) is 6.41. The fourth-order valence-electron chi connectivity index (χ4n) is 3.33. The number of nitrogens with zero attached hydrogens (tertiary/aromatic N) is 5. The minimum atomic E-state index is -0.121. The van der Waals surface area contributed by atoms with Crippen LogP contribution in [0.15, 0.2) is 48.8 Å². The summed E-state index contributed by atoms with van der Waals surface area (Å²) in [6.45, 7) is 1.76. The van der Waals surface area contributed by atoms with E-state index in [9.17, 15) is 4.79 Å². The minimum absolute atomic E-state index is 0.0705. The molecule has 26 heavy (non-hydrogen) atoms. The van der Waals surface area contributed by atoms with Crippen molar-refractivity contribution in [2.75, 3.05) is 18.0 Å². The van der Waals surface area contributed by atoms with Gasteiger partial charge in [0, 0.05) is 24.8 Å². The van der Waals surface area contributed by atoms with Gasteiger partial charge >= 0.3 is 0 Å². The molecular formula is C19H18N6O. The summed E-state index contributed by atoms with van der Waals surface area (Å²) in [7, 11) is 0. The summed E-state index contributed by atoms with van der Waals surface area (Å²) in [6, 6.07) is 16.7. The number of fused-ring (bicyclic) bond motifs is 1. The van der Waals surface area contributed by atoms with Gasteiger partial charge in [-0.15, -0.1) is 5.10 Å². The molecule has 130 valence electrons. The van der Waals surface area contributed by atoms with Crippen molar-refractivity contribution in [1.29, 1.82) is 5.26 Å². The highest BCUT2D eigenvalue weighted by Crippen LogP contribution is 2.25. The molecule has 1 N–H and O–H groups in total. The molecule has 0 bridgehead atoms. The number of anilines is 1. The molecule has 7 nitrogen and oxygen atoms in total. The average molecular weight is 346 g/mol. The lowest BCUT2D eigenvalue weighted by molar-refractivity contribution is -0.122. The number of benzene rings is 2. The van der Waals surface area contributed by atoms with Gasteiger partial charge in [-0.1, -0.05) is 30.3 Å². The Morgan fingerprint density at radius 3 is 2.92 bits per heavy atom. The van der Waals surface area contributed by atoms with Crippen molar-refractivity contribution in [3.8, 4) is 6.07 Å². The lowest BCUT2D eigenvalue weighted by Crippen LogP contribution is -2.39. The van der Waals surface area contributed by atoms with Crippen LogP contribution in [0.25, 0.3) is 10.8 Å². The number of nitrogens with one attached hydrogen (secondary N) is 1. The van der Waals surface area contributed by atoms with Gasteiger partial charge in [0.2, 0.25) is 5.91 Å². The van der Waals surface area contributed by atoms with Crippen molar-refractivity contribution in [3.05, 3.63) is 54.6 Å². The van der Waals surface area contributed by atoms with E-state index in [4.69, 9.17) is 5.26 Å². The molecule has 1 saturated heterocycles. The minimum Gasteiger partial charge on any atom is -0.369 e. The van der Waals surface area contributed by atoms with Gasteiger partial charge in [0.25, 0.3) is 5.82 Å². The lowest BCUT2D eigenvalue weighted by atomic mass is 10.1. The third kappa shape index (κ3) is 3.35. The van der Waals surface area contributed by atoms with Crippen molar-refractivity contribution >= 4 is 22.4 Å². The van der Waals surface area contributed by atoms with Crippen LogP contribution in [0.3, 0.4) is 0 Å². The van der Waals surface area contributed by atoms with Gasteiger partial charge in [0.15, 0.2) is 0 Å². The molecule has 1 aliphatic heterocycles. The number of hydrogen-bond donors (Lipinski definition) is 1. The van der Waals surface area contributed by atoms with Crippen LogP contribution >= 0.6 is 0 Å². The first-order valence-electron chi connectivity index (χ1n) is 8.54. The van der Waals surface area contributed by atoms with E-state index in [-0.39, 0.29) is 24.3 Å². The predicted octanol–water partition coefficient (Wildman–Crippen LogP) is 1.70. The zero-order valence-corrected chi connectivity index (χ0v) is 14.2. The molecule has 0 saturated carbocycles. The quantitative estimate of drug-likeness (QED) is 0.777. The number of nitriles is 1. The van der Waals surface area contributed by atoms with E-state index < -0.39 is 0 Å². The number of rotatable bonds is 4. The van der Waals surface area contributed by atoms with Crippen molar-refractivity contribution in [2.45, 2.75) is 19.0 Å².